The Balaban J connectivity index is 0.000000181. The standard InChI is InChI=1S/C22H25N3O3S.C17H17N3OS.C12H14N2O2S.C10H10N2O2S.C8H10N2O2S.C4H4N2OS/c1-5-16-13-25-14-18(29-20(25)23-16)11-10-17(26)12-15-8-6-7-9-19(15)24-21(27)28-22(2,3)4;1-2-13-10-20-11-15(22-17(20)19-13)8-7-14(21)9-12-5-3-4-6-16(12)18;1-3-9-7-14-8-10(17-12(14)13-9)5-6-11(15)16-4-2;1-2-7-5-12-6-8(3-4-9(13)14)15-10(12)11-7;1-2-12-7(11)4-3-6-5-10-8(9)13-6;5-4-6-1-3(2-7)8-4/h6-11,13-14H,5,12H2,1-4H3,(H,24,27);3-8,10-11H,2,9,18H2,1H3;5-8H,3-4H2,1-2H3;3-6H,2H2,1H3,(H,13,14);3-5H,2H2,1H3,(H2,9,10);1-2H,(H2,5,6)/b11-10+;8-7+;6-5+;2*4-3+;. The zero-order chi connectivity index (χ0) is 75.3. The number of carbonyl (C=O) groups excluding carboxylic acids is 6. The normalized spacial score (nSPS) is 11.3. The van der Waals surface area contributed by atoms with Crippen molar-refractivity contribution >= 4 is 182 Å². The van der Waals surface area contributed by atoms with Gasteiger partial charge < -0.3 is 36.5 Å². The van der Waals surface area contributed by atoms with E-state index >= 15 is 0 Å². The van der Waals surface area contributed by atoms with E-state index in [0.717, 1.165) is 116 Å². The number of aromatic nitrogens is 10. The number of rotatable bonds is 22. The summed E-state index contributed by atoms with van der Waals surface area (Å²) in [6, 6.07) is 14.7. The third-order valence-electron chi connectivity index (χ3n) is 13.6. The van der Waals surface area contributed by atoms with Crippen LogP contribution in [0.15, 0.2) is 141 Å². The number of fused-ring (bicyclic) bond motifs is 4. The van der Waals surface area contributed by atoms with E-state index in [2.05, 4.69) is 62.9 Å². The van der Waals surface area contributed by atoms with Gasteiger partial charge >= 0.3 is 24.0 Å². The highest BCUT2D eigenvalue weighted by molar-refractivity contribution is 7.19. The minimum Gasteiger partial charge on any atom is -0.478 e. The number of anilines is 4. The lowest BCUT2D eigenvalue weighted by atomic mass is 10.1. The molecule has 25 nitrogen and oxygen atoms in total. The Morgan fingerprint density at radius 2 is 0.846 bits per heavy atom. The molecule has 0 aliphatic carbocycles. The van der Waals surface area contributed by atoms with Gasteiger partial charge in [-0.05, 0) is 126 Å². The molecular formula is C73H80N14O11S6. The lowest BCUT2D eigenvalue weighted by Crippen LogP contribution is -2.27. The van der Waals surface area contributed by atoms with Gasteiger partial charge in [-0.25, -0.2) is 49.1 Å². The number of ketones is 2. The van der Waals surface area contributed by atoms with Gasteiger partial charge in [0.1, 0.15) is 5.60 Å². The fourth-order valence-corrected chi connectivity index (χ4v) is 13.4. The van der Waals surface area contributed by atoms with Crippen molar-refractivity contribution < 1.29 is 52.9 Å². The van der Waals surface area contributed by atoms with Crippen molar-refractivity contribution in [2.75, 3.05) is 35.7 Å². The first-order valence-electron chi connectivity index (χ1n) is 32.6. The maximum absolute atomic E-state index is 12.5. The van der Waals surface area contributed by atoms with E-state index in [1.165, 1.54) is 63.7 Å². The number of hydrogen-bond acceptors (Lipinski definition) is 25. The third-order valence-corrected chi connectivity index (χ3v) is 19.0. The number of aryl methyl sites for hydroxylation is 4. The number of allylic oxidation sites excluding steroid dienone is 2. The number of nitrogens with one attached hydrogen (secondary N) is 1. The molecule has 0 fully saturated rings. The molecule has 0 bridgehead atoms. The van der Waals surface area contributed by atoms with E-state index in [9.17, 15) is 33.6 Å². The van der Waals surface area contributed by atoms with Crippen LogP contribution in [0.3, 0.4) is 0 Å². The number of carboxylic acids is 1. The van der Waals surface area contributed by atoms with Crippen LogP contribution in [0, 0.1) is 0 Å². The number of hydrogen-bond donors (Lipinski definition) is 5. The maximum atomic E-state index is 12.5. The number of carboxylic acid groups (broad SMARTS) is 1. The Labute approximate surface area is 624 Å². The molecule has 0 atom stereocenters. The molecule has 104 heavy (non-hydrogen) atoms. The van der Waals surface area contributed by atoms with Crippen molar-refractivity contribution in [3.05, 3.63) is 204 Å². The van der Waals surface area contributed by atoms with Crippen LogP contribution >= 0.6 is 68.0 Å². The number of esters is 2. The molecule has 0 spiro atoms. The first-order valence-corrected chi connectivity index (χ1v) is 37.5. The Kier molecular flexibility index (Phi) is 31.1. The molecule has 10 aromatic heterocycles. The van der Waals surface area contributed by atoms with Gasteiger partial charge in [-0.3, -0.25) is 37.3 Å². The number of nitrogen functional groups attached to an aromatic ring is 3. The zero-order valence-electron chi connectivity index (χ0n) is 58.6. The summed E-state index contributed by atoms with van der Waals surface area (Å²) in [6.45, 7) is 18.0. The van der Waals surface area contributed by atoms with E-state index in [0.29, 0.717) is 46.1 Å². The number of aliphatic carboxylic acids is 1. The quantitative estimate of drug-likeness (QED) is 0.0138. The fourth-order valence-electron chi connectivity index (χ4n) is 8.75. The van der Waals surface area contributed by atoms with Crippen LogP contribution in [0.2, 0.25) is 0 Å². The molecule has 0 unspecified atom stereocenters. The van der Waals surface area contributed by atoms with Crippen LogP contribution in [0.4, 0.5) is 26.4 Å². The van der Waals surface area contributed by atoms with E-state index in [-0.39, 0.29) is 29.9 Å². The number of nitrogens with two attached hydrogens (primary N) is 3. The first kappa shape index (κ1) is 80.5. The van der Waals surface area contributed by atoms with E-state index in [4.69, 9.17) is 36.5 Å². The average molecular weight is 1520 g/mol. The summed E-state index contributed by atoms with van der Waals surface area (Å²) in [6.07, 6.45) is 38.9. The van der Waals surface area contributed by atoms with Gasteiger partial charge in [-0.2, -0.15) is 0 Å². The molecule has 0 saturated carbocycles. The zero-order valence-corrected chi connectivity index (χ0v) is 63.5. The highest BCUT2D eigenvalue weighted by atomic mass is 32.1. The third kappa shape index (κ3) is 26.5. The van der Waals surface area contributed by atoms with Gasteiger partial charge in [0.25, 0.3) is 0 Å². The minimum atomic E-state index is -0.935. The maximum Gasteiger partial charge on any atom is 0.412 e. The number of ether oxygens (including phenoxy) is 3. The monoisotopic (exact) mass is 1520 g/mol. The molecule has 2 aromatic carbocycles. The number of para-hydroxylation sites is 2. The summed E-state index contributed by atoms with van der Waals surface area (Å²) in [5.41, 5.74) is 23.0. The van der Waals surface area contributed by atoms with Crippen molar-refractivity contribution in [3.63, 3.8) is 0 Å². The average Bonchev–Trinajstić information content (AvgIpc) is 1.68. The molecule has 0 aliphatic heterocycles. The minimum absolute atomic E-state index is 0.0400. The van der Waals surface area contributed by atoms with Crippen LogP contribution in [-0.4, -0.2) is 113 Å². The fraction of sp³-hybridized carbons (Fsp3) is 0.247. The molecule has 10 heterocycles. The number of carbonyl (C=O) groups is 7. The van der Waals surface area contributed by atoms with Gasteiger partial charge in [-0.15, -0.1) is 0 Å². The molecule has 12 rings (SSSR count). The SMILES string of the molecule is CCOC(=O)/C=C/c1cn2cc(CC)nc2s1.CCOC(=O)/C=C/c1cnc(N)s1.CCc1cn2cc(/C=C/C(=O)Cc3ccccc3N)sc2n1.CCc1cn2cc(/C=C/C(=O)Cc3ccccc3NC(=O)OC(C)(C)C)sc2n1.CCc1cn2cc(/C=C/C(=O)O)sc2n1.Nc1ncc(C=O)s1. The summed E-state index contributed by atoms with van der Waals surface area (Å²) in [4.78, 5) is 113. The van der Waals surface area contributed by atoms with Crippen LogP contribution < -0.4 is 22.5 Å². The molecule has 0 radical (unpaired) electrons. The summed E-state index contributed by atoms with van der Waals surface area (Å²) < 4.78 is 22.7. The van der Waals surface area contributed by atoms with E-state index in [1.54, 1.807) is 106 Å². The molecule has 12 aromatic rings. The van der Waals surface area contributed by atoms with Crippen molar-refractivity contribution in [1.29, 1.82) is 0 Å². The van der Waals surface area contributed by atoms with Crippen LogP contribution in [-0.2, 0) is 76.7 Å². The summed E-state index contributed by atoms with van der Waals surface area (Å²) in [5.74, 6) is -1.61. The van der Waals surface area contributed by atoms with Crippen molar-refractivity contribution in [2.24, 2.45) is 0 Å². The molecule has 0 saturated heterocycles. The van der Waals surface area contributed by atoms with Crippen LogP contribution in [0.1, 0.15) is 130 Å². The second-order valence-corrected chi connectivity index (χ2v) is 29.1. The predicted octanol–water partition coefficient (Wildman–Crippen LogP) is 14.9. The summed E-state index contributed by atoms with van der Waals surface area (Å²) >= 11 is 8.65. The van der Waals surface area contributed by atoms with Gasteiger partial charge in [0.15, 0.2) is 48.0 Å². The molecule has 31 heteroatoms. The number of aldehydes is 1. The molecule has 544 valence electrons. The number of thiazole rings is 6. The molecular weight excluding hydrogens is 1440 g/mol. The van der Waals surface area contributed by atoms with E-state index in [1.807, 2.05) is 116 Å². The molecule has 1 amide bonds. The predicted molar refractivity (Wildman–Crippen MR) is 419 cm³/mol. The highest BCUT2D eigenvalue weighted by Crippen LogP contribution is 2.25. The molecule has 0 aliphatic rings. The smallest absolute Gasteiger partial charge is 0.412 e. The van der Waals surface area contributed by atoms with Gasteiger partial charge in [0, 0.05) is 123 Å². The Morgan fingerprint density at radius 3 is 1.19 bits per heavy atom. The van der Waals surface area contributed by atoms with Gasteiger partial charge in [-0.1, -0.05) is 132 Å². The van der Waals surface area contributed by atoms with Crippen molar-refractivity contribution in [1.82, 2.24) is 47.5 Å². The van der Waals surface area contributed by atoms with Gasteiger partial charge in [0.05, 0.1) is 47.1 Å². The highest BCUT2D eigenvalue weighted by Gasteiger charge is 2.18. The molecule has 8 N–H and O–H groups in total. The summed E-state index contributed by atoms with van der Waals surface area (Å²) in [7, 11) is 0. The summed E-state index contributed by atoms with van der Waals surface area (Å²) in [5, 5.41) is 12.1. The number of benzene rings is 2. The van der Waals surface area contributed by atoms with Crippen molar-refractivity contribution in [3.8, 4) is 0 Å². The van der Waals surface area contributed by atoms with Crippen LogP contribution in [0.25, 0.3) is 50.2 Å². The number of nitrogens with zero attached hydrogens (tertiary/aromatic N) is 10. The lowest BCUT2D eigenvalue weighted by molar-refractivity contribution is -0.138. The topological polar surface area (TPSA) is 352 Å². The second-order valence-electron chi connectivity index (χ2n) is 22.7. The van der Waals surface area contributed by atoms with Crippen LogP contribution in [0.5, 0.6) is 0 Å². The lowest BCUT2D eigenvalue weighted by Gasteiger charge is -2.20. The Morgan fingerprint density at radius 1 is 0.481 bits per heavy atom. The largest absolute Gasteiger partial charge is 0.478 e. The van der Waals surface area contributed by atoms with E-state index < -0.39 is 17.7 Å². The first-order chi connectivity index (χ1) is 49.8. The number of imidazole rings is 4. The van der Waals surface area contributed by atoms with Gasteiger partial charge in [0.2, 0.25) is 0 Å². The number of amides is 1. The van der Waals surface area contributed by atoms with Crippen molar-refractivity contribution in [2.45, 2.75) is 106 Å². The second kappa shape index (κ2) is 40.1. The Bertz CT molecular complexity index is 4890. The Hall–Kier alpha value is -10.8.